The molecule has 1 N–H and O–H groups in total. The number of benzene rings is 1. The molecule has 2 aliphatic rings. The van der Waals surface area contributed by atoms with E-state index in [-0.39, 0.29) is 26.3 Å². The molecular formula is C18H20F3NO4. The summed E-state index contributed by atoms with van der Waals surface area (Å²) in [5.74, 6) is -3.59. The molecule has 0 aliphatic carbocycles. The quantitative estimate of drug-likeness (QED) is 0.887. The predicted octanol–water partition coefficient (Wildman–Crippen LogP) is 2.67. The Morgan fingerprint density at radius 1 is 1.12 bits per heavy atom. The Morgan fingerprint density at radius 3 is 2.27 bits per heavy atom. The zero-order valence-electron chi connectivity index (χ0n) is 14.0. The number of aliphatic carboxylic acids is 1. The highest BCUT2D eigenvalue weighted by molar-refractivity contribution is 5.85. The minimum absolute atomic E-state index is 0.0293. The van der Waals surface area contributed by atoms with E-state index in [9.17, 15) is 27.9 Å². The number of carbonyl (C=O) groups excluding carboxylic acids is 1. The molecule has 2 aliphatic heterocycles. The molecule has 0 bridgehead atoms. The first kappa shape index (κ1) is 18.7. The lowest BCUT2D eigenvalue weighted by molar-refractivity contribution is -0.244. The van der Waals surface area contributed by atoms with Crippen molar-refractivity contribution in [2.24, 2.45) is 11.3 Å². The summed E-state index contributed by atoms with van der Waals surface area (Å²) in [7, 11) is 0. The van der Waals surface area contributed by atoms with Crippen LogP contribution in [0.2, 0.25) is 0 Å². The van der Waals surface area contributed by atoms with E-state index in [0.29, 0.717) is 5.56 Å². The second-order valence-corrected chi connectivity index (χ2v) is 6.86. The molecule has 142 valence electrons. The van der Waals surface area contributed by atoms with Crippen molar-refractivity contribution in [3.8, 4) is 0 Å². The van der Waals surface area contributed by atoms with Crippen LogP contribution in [0.1, 0.15) is 24.3 Å². The molecule has 2 heterocycles. The van der Waals surface area contributed by atoms with Crippen molar-refractivity contribution >= 4 is 11.9 Å². The molecular weight excluding hydrogens is 351 g/mol. The van der Waals surface area contributed by atoms with Crippen LogP contribution in [-0.4, -0.2) is 54.4 Å². The summed E-state index contributed by atoms with van der Waals surface area (Å²) in [5, 5.41) is 9.50. The number of nitrogens with zero attached hydrogens (tertiary/aromatic N) is 1. The van der Waals surface area contributed by atoms with E-state index in [2.05, 4.69) is 0 Å². The van der Waals surface area contributed by atoms with Crippen LogP contribution in [0.3, 0.4) is 0 Å². The van der Waals surface area contributed by atoms with E-state index in [1.54, 1.807) is 30.3 Å². The molecule has 1 aromatic rings. The number of amides is 1. The summed E-state index contributed by atoms with van der Waals surface area (Å²) in [4.78, 5) is 25.6. The van der Waals surface area contributed by atoms with E-state index >= 15 is 0 Å². The number of carbonyl (C=O) groups is 2. The molecule has 0 aromatic heterocycles. The van der Waals surface area contributed by atoms with Gasteiger partial charge in [-0.3, -0.25) is 9.59 Å². The van der Waals surface area contributed by atoms with Crippen LogP contribution in [0.5, 0.6) is 0 Å². The Labute approximate surface area is 148 Å². The lowest BCUT2D eigenvalue weighted by Crippen LogP contribution is -2.54. The fourth-order valence-corrected chi connectivity index (χ4v) is 3.90. The van der Waals surface area contributed by atoms with Crippen molar-refractivity contribution in [1.82, 2.24) is 4.90 Å². The number of hydrogen-bond acceptors (Lipinski definition) is 3. The second kappa shape index (κ2) is 6.90. The van der Waals surface area contributed by atoms with Gasteiger partial charge in [-0.1, -0.05) is 30.3 Å². The van der Waals surface area contributed by atoms with E-state index in [1.807, 2.05) is 0 Å². The number of carboxylic acid groups (broad SMARTS) is 1. The Bertz CT molecular complexity index is 671. The van der Waals surface area contributed by atoms with Crippen LogP contribution in [0.15, 0.2) is 30.3 Å². The van der Waals surface area contributed by atoms with Crippen LogP contribution in [0.25, 0.3) is 0 Å². The van der Waals surface area contributed by atoms with Crippen LogP contribution >= 0.6 is 0 Å². The molecule has 0 saturated carbocycles. The standard InChI is InChI=1S/C18H20F3NO4/c19-18(20,21)17(6-8-26-9-7-17)16(25)22-10-13(14(11-22)15(23)24)12-4-2-1-3-5-12/h1-5,13-14H,6-11H2,(H,23,24)/t13-,14+/m0/s1. The molecule has 8 heteroatoms. The van der Waals surface area contributed by atoms with Gasteiger partial charge >= 0.3 is 12.1 Å². The van der Waals surface area contributed by atoms with Gasteiger partial charge in [0.2, 0.25) is 5.91 Å². The van der Waals surface area contributed by atoms with Gasteiger partial charge in [0, 0.05) is 32.2 Å². The fraction of sp³-hybridized carbons (Fsp3) is 0.556. The monoisotopic (exact) mass is 371 g/mol. The average molecular weight is 371 g/mol. The Hall–Kier alpha value is -2.09. The van der Waals surface area contributed by atoms with Crippen molar-refractivity contribution in [3.05, 3.63) is 35.9 Å². The summed E-state index contributed by atoms with van der Waals surface area (Å²) in [6.45, 7) is -0.516. The number of alkyl halides is 3. The maximum Gasteiger partial charge on any atom is 0.403 e. The number of halogens is 3. The van der Waals surface area contributed by atoms with Crippen LogP contribution in [0.4, 0.5) is 13.2 Å². The van der Waals surface area contributed by atoms with Crippen molar-refractivity contribution in [1.29, 1.82) is 0 Å². The van der Waals surface area contributed by atoms with Gasteiger partial charge in [-0.2, -0.15) is 13.2 Å². The number of rotatable bonds is 3. The van der Waals surface area contributed by atoms with E-state index < -0.39 is 48.1 Å². The average Bonchev–Trinajstić information content (AvgIpc) is 3.07. The lowest BCUT2D eigenvalue weighted by Gasteiger charge is -2.39. The Morgan fingerprint density at radius 2 is 1.73 bits per heavy atom. The van der Waals surface area contributed by atoms with Crippen molar-refractivity contribution in [3.63, 3.8) is 0 Å². The van der Waals surface area contributed by atoms with Gasteiger partial charge < -0.3 is 14.7 Å². The molecule has 0 spiro atoms. The first-order chi connectivity index (χ1) is 12.3. The summed E-state index contributed by atoms with van der Waals surface area (Å²) in [5.41, 5.74) is -1.77. The Balaban J connectivity index is 1.89. The highest BCUT2D eigenvalue weighted by Gasteiger charge is 2.62. The highest BCUT2D eigenvalue weighted by atomic mass is 19.4. The third kappa shape index (κ3) is 3.18. The topological polar surface area (TPSA) is 66.8 Å². The van der Waals surface area contributed by atoms with Crippen molar-refractivity contribution < 1.29 is 32.6 Å². The van der Waals surface area contributed by atoms with Crippen LogP contribution in [0, 0.1) is 11.3 Å². The summed E-state index contributed by atoms with van der Waals surface area (Å²) in [6, 6.07) is 8.74. The normalized spacial score (nSPS) is 25.9. The molecule has 26 heavy (non-hydrogen) atoms. The molecule has 3 rings (SSSR count). The lowest BCUT2D eigenvalue weighted by atomic mass is 9.78. The highest BCUT2D eigenvalue weighted by Crippen LogP contribution is 2.48. The molecule has 2 saturated heterocycles. The van der Waals surface area contributed by atoms with Gasteiger partial charge in [-0.15, -0.1) is 0 Å². The molecule has 2 fully saturated rings. The van der Waals surface area contributed by atoms with E-state index in [4.69, 9.17) is 4.74 Å². The predicted molar refractivity (Wildman–Crippen MR) is 85.4 cm³/mol. The molecule has 1 amide bonds. The molecule has 0 radical (unpaired) electrons. The van der Waals surface area contributed by atoms with Gasteiger partial charge in [-0.05, 0) is 18.4 Å². The first-order valence-electron chi connectivity index (χ1n) is 8.48. The maximum absolute atomic E-state index is 13.8. The van der Waals surface area contributed by atoms with Gasteiger partial charge in [-0.25, -0.2) is 0 Å². The third-order valence-corrected chi connectivity index (χ3v) is 5.45. The van der Waals surface area contributed by atoms with E-state index in [1.165, 1.54) is 0 Å². The van der Waals surface area contributed by atoms with Gasteiger partial charge in [0.25, 0.3) is 0 Å². The second-order valence-electron chi connectivity index (χ2n) is 6.86. The molecule has 1 aromatic carbocycles. The van der Waals surface area contributed by atoms with Gasteiger partial charge in [0.05, 0.1) is 5.92 Å². The summed E-state index contributed by atoms with van der Waals surface area (Å²) < 4.78 is 46.3. The molecule has 2 atom stereocenters. The maximum atomic E-state index is 13.8. The van der Waals surface area contributed by atoms with Crippen LogP contribution < -0.4 is 0 Å². The van der Waals surface area contributed by atoms with Crippen LogP contribution in [-0.2, 0) is 14.3 Å². The van der Waals surface area contributed by atoms with Crippen molar-refractivity contribution in [2.45, 2.75) is 24.9 Å². The first-order valence-corrected chi connectivity index (χ1v) is 8.48. The number of hydrogen-bond donors (Lipinski definition) is 1. The third-order valence-electron chi connectivity index (χ3n) is 5.45. The summed E-state index contributed by atoms with van der Waals surface area (Å²) in [6.07, 6.45) is -5.56. The number of carboxylic acids is 1. The fourth-order valence-electron chi connectivity index (χ4n) is 3.90. The smallest absolute Gasteiger partial charge is 0.403 e. The van der Waals surface area contributed by atoms with Crippen molar-refractivity contribution in [2.75, 3.05) is 26.3 Å². The summed E-state index contributed by atoms with van der Waals surface area (Å²) >= 11 is 0. The minimum Gasteiger partial charge on any atom is -0.481 e. The zero-order chi connectivity index (χ0) is 18.9. The zero-order valence-corrected chi connectivity index (χ0v) is 14.0. The SMILES string of the molecule is O=C(O)[C@@H]1CN(C(=O)C2(C(F)(F)F)CCOCC2)C[C@H]1c1ccccc1. The largest absolute Gasteiger partial charge is 0.481 e. The van der Waals surface area contributed by atoms with Gasteiger partial charge in [0.1, 0.15) is 5.41 Å². The molecule has 0 unspecified atom stereocenters. The number of ether oxygens (including phenoxy) is 1. The van der Waals surface area contributed by atoms with E-state index in [0.717, 1.165) is 4.90 Å². The Kier molecular flexibility index (Phi) is 4.96. The van der Waals surface area contributed by atoms with Gasteiger partial charge in [0.15, 0.2) is 0 Å². The molecule has 5 nitrogen and oxygen atoms in total. The number of likely N-dealkylation sites (tertiary alicyclic amines) is 1. The minimum atomic E-state index is -4.70.